The molecule has 3 heterocycles. The van der Waals surface area contributed by atoms with Crippen molar-refractivity contribution in [1.29, 1.82) is 0 Å². The summed E-state index contributed by atoms with van der Waals surface area (Å²) in [5.41, 5.74) is -0.691. The average Bonchev–Trinajstić information content (AvgIpc) is 3.42. The van der Waals surface area contributed by atoms with Crippen LogP contribution in [-0.4, -0.2) is 89.4 Å². The van der Waals surface area contributed by atoms with Crippen molar-refractivity contribution in [2.45, 2.75) is 102 Å². The summed E-state index contributed by atoms with van der Waals surface area (Å²) in [6.07, 6.45) is -3.38. The summed E-state index contributed by atoms with van der Waals surface area (Å²) in [6, 6.07) is -2.94. The Morgan fingerprint density at radius 3 is 2.43 bits per heavy atom. The number of likely N-dealkylation sites (tertiary alicyclic amines) is 1. The number of nitrogens with one attached hydrogen (secondary N) is 3. The first-order chi connectivity index (χ1) is 17.1. The van der Waals surface area contributed by atoms with Gasteiger partial charge in [0.1, 0.15) is 12.6 Å². The van der Waals surface area contributed by atoms with Crippen LogP contribution in [0.25, 0.3) is 0 Å². The second-order valence-electron chi connectivity index (χ2n) is 11.1. The van der Waals surface area contributed by atoms with E-state index >= 15 is 0 Å². The zero-order valence-electron chi connectivity index (χ0n) is 21.8. The summed E-state index contributed by atoms with van der Waals surface area (Å²) in [7, 11) is 0. The molecule has 3 aliphatic rings. The van der Waals surface area contributed by atoms with Crippen molar-refractivity contribution < 1.29 is 42.2 Å². The molecular formula is C24H36F2N4O7. The molecule has 13 heteroatoms. The minimum atomic E-state index is -3.56. The molecule has 3 aliphatic heterocycles. The molecule has 3 rings (SSSR count). The Bertz CT molecular complexity index is 933. The van der Waals surface area contributed by atoms with Crippen molar-refractivity contribution >= 4 is 29.4 Å². The molecule has 0 spiro atoms. The van der Waals surface area contributed by atoms with Crippen LogP contribution in [0.2, 0.25) is 0 Å². The van der Waals surface area contributed by atoms with Crippen LogP contribution in [-0.2, 0) is 33.4 Å². The lowest BCUT2D eigenvalue weighted by Crippen LogP contribution is -2.57. The Morgan fingerprint density at radius 2 is 1.86 bits per heavy atom. The van der Waals surface area contributed by atoms with Crippen LogP contribution in [0.4, 0.5) is 8.78 Å². The van der Waals surface area contributed by atoms with Crippen LogP contribution in [0, 0.1) is 5.92 Å². The number of rotatable bonds is 8. The number of ether oxygens (including phenoxy) is 2. The van der Waals surface area contributed by atoms with Gasteiger partial charge in [0.25, 0.3) is 0 Å². The first-order valence-electron chi connectivity index (χ1n) is 12.5. The maximum atomic E-state index is 13.4. The minimum Gasteiger partial charge on any atom is -0.373 e. The highest BCUT2D eigenvalue weighted by Gasteiger charge is 2.53. The van der Waals surface area contributed by atoms with Crippen molar-refractivity contribution in [3.8, 4) is 0 Å². The molecule has 37 heavy (non-hydrogen) atoms. The van der Waals surface area contributed by atoms with E-state index in [1.165, 1.54) is 4.90 Å². The molecule has 208 valence electrons. The molecule has 4 amide bonds. The van der Waals surface area contributed by atoms with Gasteiger partial charge < -0.3 is 30.3 Å². The summed E-state index contributed by atoms with van der Waals surface area (Å²) in [4.78, 5) is 65.4. The Morgan fingerprint density at radius 1 is 1.19 bits per heavy atom. The standard InChI is InChI=1S/C24H36F2N4O7/c1-12-8-15-18(37-12)10-16(30(15)22(35)21(34)29-23(2,3)4)20(33)28-14(9-13-6-7-27-19(13)32)17(31)11-36-24(5,25)26/h12-16,18H,6-11H2,1-5H3,(H,27,32)(H,28,33)(H,29,34)/t12-,13+,14+,15+,16+,18+/m1/s1. The predicted molar refractivity (Wildman–Crippen MR) is 125 cm³/mol. The van der Waals surface area contributed by atoms with Gasteiger partial charge in [-0.3, -0.25) is 24.0 Å². The molecule has 6 atom stereocenters. The molecule has 3 saturated heterocycles. The summed E-state index contributed by atoms with van der Waals surface area (Å²) in [5.74, 6) is -4.24. The second-order valence-corrected chi connectivity index (χ2v) is 11.1. The number of halogens is 2. The normalized spacial score (nSPS) is 28.5. The van der Waals surface area contributed by atoms with Crippen LogP contribution in [0.3, 0.4) is 0 Å². The largest absolute Gasteiger partial charge is 0.373 e. The van der Waals surface area contributed by atoms with Gasteiger partial charge >= 0.3 is 17.9 Å². The van der Waals surface area contributed by atoms with E-state index < -0.39 is 71.9 Å². The molecule has 0 bridgehead atoms. The number of carbonyl (C=O) groups excluding carboxylic acids is 5. The van der Waals surface area contributed by atoms with E-state index in [1.807, 2.05) is 6.92 Å². The fraction of sp³-hybridized carbons (Fsp3) is 0.792. The van der Waals surface area contributed by atoms with Crippen LogP contribution >= 0.6 is 0 Å². The van der Waals surface area contributed by atoms with E-state index in [9.17, 15) is 32.8 Å². The summed E-state index contributed by atoms with van der Waals surface area (Å²) < 4.78 is 36.5. The highest BCUT2D eigenvalue weighted by atomic mass is 19.3. The van der Waals surface area contributed by atoms with Crippen molar-refractivity contribution in [1.82, 2.24) is 20.9 Å². The van der Waals surface area contributed by atoms with Crippen molar-refractivity contribution in [3.05, 3.63) is 0 Å². The monoisotopic (exact) mass is 530 g/mol. The fourth-order valence-corrected chi connectivity index (χ4v) is 5.04. The van der Waals surface area contributed by atoms with Crippen molar-refractivity contribution in [3.63, 3.8) is 0 Å². The van der Waals surface area contributed by atoms with Gasteiger partial charge in [-0.25, -0.2) is 0 Å². The van der Waals surface area contributed by atoms with Crippen LogP contribution < -0.4 is 16.0 Å². The smallest absolute Gasteiger partial charge is 0.353 e. The Hall–Kier alpha value is -2.67. The zero-order valence-corrected chi connectivity index (χ0v) is 21.8. The van der Waals surface area contributed by atoms with Crippen LogP contribution in [0.5, 0.6) is 0 Å². The van der Waals surface area contributed by atoms with Gasteiger partial charge in [0.15, 0.2) is 5.78 Å². The van der Waals surface area contributed by atoms with E-state index in [1.54, 1.807) is 20.8 Å². The van der Waals surface area contributed by atoms with Gasteiger partial charge in [0, 0.05) is 31.3 Å². The number of hydrogen-bond donors (Lipinski definition) is 3. The van der Waals surface area contributed by atoms with E-state index in [4.69, 9.17) is 4.74 Å². The summed E-state index contributed by atoms with van der Waals surface area (Å²) in [6.45, 7) is 6.89. The highest BCUT2D eigenvalue weighted by molar-refractivity contribution is 6.35. The number of amides is 4. The quantitative estimate of drug-likeness (QED) is 0.382. The maximum absolute atomic E-state index is 13.4. The summed E-state index contributed by atoms with van der Waals surface area (Å²) in [5, 5.41) is 7.78. The summed E-state index contributed by atoms with van der Waals surface area (Å²) >= 11 is 0. The maximum Gasteiger partial charge on any atom is 0.353 e. The van der Waals surface area contributed by atoms with E-state index in [0.29, 0.717) is 26.3 Å². The van der Waals surface area contributed by atoms with Gasteiger partial charge in [0.05, 0.1) is 24.3 Å². The Kier molecular flexibility index (Phi) is 8.57. The molecule has 3 N–H and O–H groups in total. The Balaban J connectivity index is 1.79. The lowest BCUT2D eigenvalue weighted by atomic mass is 9.95. The van der Waals surface area contributed by atoms with E-state index in [2.05, 4.69) is 20.7 Å². The number of fused-ring (bicyclic) bond motifs is 1. The number of nitrogens with zero attached hydrogens (tertiary/aromatic N) is 1. The number of hydrogen-bond acceptors (Lipinski definition) is 7. The minimum absolute atomic E-state index is 0.101. The molecule has 0 aromatic carbocycles. The first kappa shape index (κ1) is 28.9. The molecule has 0 aromatic rings. The zero-order chi connectivity index (χ0) is 27.7. The average molecular weight is 531 g/mol. The van der Waals surface area contributed by atoms with Gasteiger partial charge in [-0.2, -0.15) is 8.78 Å². The molecule has 3 fully saturated rings. The highest BCUT2D eigenvalue weighted by Crippen LogP contribution is 2.37. The molecule has 0 saturated carbocycles. The third-order valence-corrected chi connectivity index (χ3v) is 6.63. The van der Waals surface area contributed by atoms with E-state index in [0.717, 1.165) is 0 Å². The second kappa shape index (κ2) is 11.0. The fourth-order valence-electron chi connectivity index (χ4n) is 5.04. The topological polar surface area (TPSA) is 143 Å². The van der Waals surface area contributed by atoms with Gasteiger partial charge in [-0.1, -0.05) is 0 Å². The van der Waals surface area contributed by atoms with Gasteiger partial charge in [-0.15, -0.1) is 0 Å². The van der Waals surface area contributed by atoms with Gasteiger partial charge in [-0.05, 0) is 47.0 Å². The SMILES string of the molecule is C[C@@H]1C[C@H]2[C@H](C[C@@H](C(=O)N[C@@H](C[C@@H]3CCNC3=O)C(=O)COC(C)(F)F)N2C(=O)C(=O)NC(C)(C)C)O1. The lowest BCUT2D eigenvalue weighted by molar-refractivity contribution is -0.223. The molecule has 0 radical (unpaired) electrons. The molecule has 0 aliphatic carbocycles. The van der Waals surface area contributed by atoms with Crippen molar-refractivity contribution in [2.24, 2.45) is 5.92 Å². The molecule has 0 unspecified atom stereocenters. The van der Waals surface area contributed by atoms with Crippen molar-refractivity contribution in [2.75, 3.05) is 13.2 Å². The molecular weight excluding hydrogens is 494 g/mol. The lowest BCUT2D eigenvalue weighted by Gasteiger charge is -2.31. The number of alkyl halides is 2. The number of carbonyl (C=O) groups is 5. The van der Waals surface area contributed by atoms with E-state index in [-0.39, 0.29) is 24.9 Å². The first-order valence-corrected chi connectivity index (χ1v) is 12.5. The third-order valence-electron chi connectivity index (χ3n) is 6.63. The molecule has 11 nitrogen and oxygen atoms in total. The van der Waals surface area contributed by atoms with Crippen LogP contribution in [0.1, 0.15) is 60.3 Å². The third kappa shape index (κ3) is 7.44. The Labute approximate surface area is 214 Å². The molecule has 0 aromatic heterocycles. The number of Topliss-reactive ketones (excluding diaryl/α,β-unsaturated/α-hetero) is 1. The predicted octanol–water partition coefficient (Wildman–Crippen LogP) is 0.257. The van der Waals surface area contributed by atoms with Crippen LogP contribution in [0.15, 0.2) is 0 Å². The number of ketones is 1. The van der Waals surface area contributed by atoms with Gasteiger partial charge in [0.2, 0.25) is 11.8 Å².